The second-order valence-corrected chi connectivity index (χ2v) is 15.2. The maximum atomic E-state index is 12.9. The maximum absolute atomic E-state index is 12.9. The lowest BCUT2D eigenvalue weighted by Gasteiger charge is -2.31. The van der Waals surface area contributed by atoms with Gasteiger partial charge in [0.15, 0.2) is 5.60 Å². The number of fused-ring (bicyclic) bond motifs is 1. The van der Waals surface area contributed by atoms with E-state index in [4.69, 9.17) is 14.5 Å². The normalized spacial score (nSPS) is 16.7. The number of benzene rings is 1. The van der Waals surface area contributed by atoms with Gasteiger partial charge in [0.1, 0.15) is 6.10 Å². The highest BCUT2D eigenvalue weighted by molar-refractivity contribution is 7.89. The Kier molecular flexibility index (Phi) is 10.6. The van der Waals surface area contributed by atoms with E-state index < -0.39 is 27.5 Å². The minimum absolute atomic E-state index is 0.0776. The lowest BCUT2D eigenvalue weighted by molar-refractivity contribution is -0.162. The van der Waals surface area contributed by atoms with Crippen LogP contribution in [0.3, 0.4) is 0 Å². The number of nitrogens with zero attached hydrogens (tertiary/aromatic N) is 5. The molecule has 0 unspecified atom stereocenters. The fourth-order valence-electron chi connectivity index (χ4n) is 5.61. The predicted molar refractivity (Wildman–Crippen MR) is 178 cm³/mol. The number of thiazole rings is 1. The molecule has 12 nitrogen and oxygen atoms in total. The van der Waals surface area contributed by atoms with Crippen molar-refractivity contribution in [2.75, 3.05) is 43.4 Å². The zero-order valence-electron chi connectivity index (χ0n) is 26.8. The first-order chi connectivity index (χ1) is 21.9. The zero-order chi connectivity index (χ0) is 32.9. The number of carbonyl (C=O) groups is 2. The van der Waals surface area contributed by atoms with Gasteiger partial charge in [-0.25, -0.2) is 23.4 Å². The van der Waals surface area contributed by atoms with Crippen LogP contribution < -0.4 is 15.0 Å². The molecule has 1 fully saturated rings. The molecular weight excluding hydrogens is 629 g/mol. The second-order valence-electron chi connectivity index (χ2n) is 12.1. The molecule has 3 aromatic rings. The first-order valence-electron chi connectivity index (χ1n) is 15.7. The van der Waals surface area contributed by atoms with E-state index in [-0.39, 0.29) is 24.9 Å². The quantitative estimate of drug-likeness (QED) is 0.281. The van der Waals surface area contributed by atoms with E-state index in [0.29, 0.717) is 18.2 Å². The molecule has 0 bridgehead atoms. The molecule has 0 spiro atoms. The smallest absolute Gasteiger partial charge is 0.303 e. The minimum Gasteiger partial charge on any atom is -0.467 e. The lowest BCUT2D eigenvalue weighted by Crippen LogP contribution is -2.47. The van der Waals surface area contributed by atoms with E-state index >= 15 is 0 Å². The Morgan fingerprint density at radius 3 is 2.52 bits per heavy atom. The number of ether oxygens (including phenoxy) is 2. The Balaban J connectivity index is 1.12. The van der Waals surface area contributed by atoms with E-state index in [1.807, 2.05) is 30.6 Å². The number of aromatic nitrogens is 3. The molecule has 0 aliphatic carbocycles. The van der Waals surface area contributed by atoms with Crippen LogP contribution in [0.25, 0.3) is 15.8 Å². The van der Waals surface area contributed by atoms with E-state index in [0.717, 1.165) is 71.6 Å². The first kappa shape index (κ1) is 33.7. The van der Waals surface area contributed by atoms with Gasteiger partial charge in [-0.1, -0.05) is 36.8 Å². The average Bonchev–Trinajstić information content (AvgIpc) is 3.43. The van der Waals surface area contributed by atoms with Crippen molar-refractivity contribution in [3.8, 4) is 5.19 Å². The Bertz CT molecular complexity index is 1680. The third-order valence-electron chi connectivity index (χ3n) is 8.12. The number of nitrogens with one attached hydrogen (secondary N) is 1. The van der Waals surface area contributed by atoms with Crippen LogP contribution in [0.4, 0.5) is 5.95 Å². The SMILES string of the molecule is CCCc1cnc(N2CCC(Oc3nc4ccc(C5=CCN(S(=O)(=O)CCNC(=O)C(C)(C)OC(C)=O)CC5)cc4s3)CC2)nc1. The number of rotatable bonds is 12. The highest BCUT2D eigenvalue weighted by atomic mass is 32.2. The van der Waals surface area contributed by atoms with Gasteiger partial charge in [-0.3, -0.25) is 9.59 Å². The molecule has 4 heterocycles. The van der Waals surface area contributed by atoms with Crippen molar-refractivity contribution in [1.29, 1.82) is 0 Å². The highest BCUT2D eigenvalue weighted by Gasteiger charge is 2.32. The molecule has 248 valence electrons. The van der Waals surface area contributed by atoms with Crippen molar-refractivity contribution in [3.63, 3.8) is 0 Å². The minimum atomic E-state index is -3.59. The van der Waals surface area contributed by atoms with E-state index in [1.54, 1.807) is 0 Å². The van der Waals surface area contributed by atoms with Crippen LogP contribution in [0.15, 0.2) is 36.7 Å². The van der Waals surface area contributed by atoms with Gasteiger partial charge in [-0.2, -0.15) is 4.31 Å². The molecule has 1 saturated heterocycles. The predicted octanol–water partition coefficient (Wildman–Crippen LogP) is 3.96. The van der Waals surface area contributed by atoms with Crippen molar-refractivity contribution in [1.82, 2.24) is 24.6 Å². The van der Waals surface area contributed by atoms with Gasteiger partial charge in [-0.15, -0.1) is 0 Å². The monoisotopic (exact) mass is 670 g/mol. The molecule has 1 amide bonds. The number of esters is 1. The first-order valence-corrected chi connectivity index (χ1v) is 18.1. The Hall–Kier alpha value is -3.62. The molecule has 2 aliphatic rings. The largest absolute Gasteiger partial charge is 0.467 e. The summed E-state index contributed by atoms with van der Waals surface area (Å²) in [5.41, 5.74) is 2.79. The Morgan fingerprint density at radius 1 is 1.13 bits per heavy atom. The topological polar surface area (TPSA) is 144 Å². The summed E-state index contributed by atoms with van der Waals surface area (Å²) in [5.74, 6) is -0.601. The number of sulfonamides is 1. The zero-order valence-corrected chi connectivity index (χ0v) is 28.5. The molecule has 5 rings (SSSR count). The third kappa shape index (κ3) is 8.39. The number of hydrogen-bond acceptors (Lipinski definition) is 11. The van der Waals surface area contributed by atoms with E-state index in [2.05, 4.69) is 33.2 Å². The highest BCUT2D eigenvalue weighted by Crippen LogP contribution is 2.33. The van der Waals surface area contributed by atoms with Crippen LogP contribution in [0.1, 0.15) is 64.5 Å². The molecule has 1 aromatic carbocycles. The van der Waals surface area contributed by atoms with Crippen molar-refractivity contribution >= 4 is 55.0 Å². The molecule has 2 aromatic heterocycles. The van der Waals surface area contributed by atoms with Gasteiger partial charge in [0.25, 0.3) is 11.1 Å². The van der Waals surface area contributed by atoms with Gasteiger partial charge < -0.3 is 19.7 Å². The number of hydrogen-bond donors (Lipinski definition) is 1. The standard InChI is InChI=1S/C32H42N6O6S2/c1-5-6-23-20-34-30(35-21-23)37-14-11-26(12-15-37)43-31-36-27-8-7-25(19-28(27)45-31)24-9-16-38(17-10-24)46(41,42)18-13-33-29(40)32(3,4)44-22(2)39/h7-9,19-21,26H,5-6,10-18H2,1-4H3,(H,33,40). The van der Waals surface area contributed by atoms with E-state index in [9.17, 15) is 18.0 Å². The number of anilines is 1. The van der Waals surface area contributed by atoms with Crippen molar-refractivity contribution in [2.24, 2.45) is 0 Å². The summed E-state index contributed by atoms with van der Waals surface area (Å²) < 4.78 is 39.6. The number of piperidine rings is 1. The van der Waals surface area contributed by atoms with Crippen LogP contribution in [0, 0.1) is 0 Å². The van der Waals surface area contributed by atoms with Crippen LogP contribution >= 0.6 is 11.3 Å². The van der Waals surface area contributed by atoms with Gasteiger partial charge in [0.05, 0.1) is 16.0 Å². The van der Waals surface area contributed by atoms with Gasteiger partial charge in [-0.05, 0) is 55.5 Å². The number of aryl methyl sites for hydroxylation is 1. The molecule has 0 saturated carbocycles. The van der Waals surface area contributed by atoms with Crippen LogP contribution in [-0.2, 0) is 30.8 Å². The molecular formula is C32H42N6O6S2. The lowest BCUT2D eigenvalue weighted by atomic mass is 10.0. The fraction of sp³-hybridized carbons (Fsp3) is 0.531. The Morgan fingerprint density at radius 2 is 1.87 bits per heavy atom. The number of carbonyl (C=O) groups excluding carboxylic acids is 2. The summed E-state index contributed by atoms with van der Waals surface area (Å²) in [5, 5.41) is 3.21. The van der Waals surface area contributed by atoms with Crippen LogP contribution in [-0.4, -0.2) is 89.7 Å². The van der Waals surface area contributed by atoms with Crippen molar-refractivity contribution < 1.29 is 27.5 Å². The van der Waals surface area contributed by atoms with Crippen LogP contribution in [0.2, 0.25) is 0 Å². The van der Waals surface area contributed by atoms with Crippen LogP contribution in [0.5, 0.6) is 5.19 Å². The molecule has 0 atom stereocenters. The van der Waals surface area contributed by atoms with Crippen molar-refractivity contribution in [3.05, 3.63) is 47.8 Å². The molecule has 46 heavy (non-hydrogen) atoms. The summed E-state index contributed by atoms with van der Waals surface area (Å²) >= 11 is 1.53. The van der Waals surface area contributed by atoms with Gasteiger partial charge >= 0.3 is 5.97 Å². The second kappa shape index (κ2) is 14.4. The average molecular weight is 671 g/mol. The molecule has 1 N–H and O–H groups in total. The maximum Gasteiger partial charge on any atom is 0.303 e. The summed E-state index contributed by atoms with van der Waals surface area (Å²) in [7, 11) is -3.59. The molecule has 2 aliphatic heterocycles. The summed E-state index contributed by atoms with van der Waals surface area (Å²) in [6, 6.07) is 6.10. The summed E-state index contributed by atoms with van der Waals surface area (Å²) in [6.07, 6.45) is 10.2. The van der Waals surface area contributed by atoms with Gasteiger partial charge in [0, 0.05) is 64.9 Å². The summed E-state index contributed by atoms with van der Waals surface area (Å²) in [6.45, 7) is 8.47. The van der Waals surface area contributed by atoms with Crippen molar-refractivity contribution in [2.45, 2.75) is 71.5 Å². The fourth-order valence-corrected chi connectivity index (χ4v) is 7.82. The van der Waals surface area contributed by atoms with E-state index in [1.165, 1.54) is 36.4 Å². The third-order valence-corrected chi connectivity index (χ3v) is 10.9. The molecule has 0 radical (unpaired) electrons. The van der Waals surface area contributed by atoms with Gasteiger partial charge in [0.2, 0.25) is 16.0 Å². The number of amides is 1. The summed E-state index contributed by atoms with van der Waals surface area (Å²) in [4.78, 5) is 39.6. The molecule has 14 heteroatoms. The Labute approximate surface area is 274 Å².